The highest BCUT2D eigenvalue weighted by Gasteiger charge is 2.25. The van der Waals surface area contributed by atoms with Gasteiger partial charge in [0.1, 0.15) is 15.7 Å². The lowest BCUT2D eigenvalue weighted by Gasteiger charge is -2.31. The zero-order chi connectivity index (χ0) is 16.9. The summed E-state index contributed by atoms with van der Waals surface area (Å²) >= 11 is 1.26. The Labute approximate surface area is 145 Å². The minimum atomic E-state index is -0.310. The Kier molecular flexibility index (Phi) is 5.58. The summed E-state index contributed by atoms with van der Waals surface area (Å²) in [4.78, 5) is 19.3. The van der Waals surface area contributed by atoms with Crippen LogP contribution in [0, 0.1) is 11.7 Å². The van der Waals surface area contributed by atoms with Crippen LogP contribution in [0.1, 0.15) is 29.4 Å². The van der Waals surface area contributed by atoms with E-state index in [2.05, 4.69) is 17.2 Å². The molecule has 0 spiro atoms. The molecular weight excluding hydrogens is 325 g/mol. The van der Waals surface area contributed by atoms with Crippen molar-refractivity contribution < 1.29 is 9.18 Å². The summed E-state index contributed by atoms with van der Waals surface area (Å²) in [6, 6.07) is 6.52. The molecular formula is C18H22FN3OS. The maximum atomic E-state index is 13.9. The van der Waals surface area contributed by atoms with Crippen LogP contribution < -0.4 is 5.32 Å². The molecule has 1 amide bonds. The number of carbonyl (C=O) groups is 1. The average molecular weight is 347 g/mol. The summed E-state index contributed by atoms with van der Waals surface area (Å²) in [6.45, 7) is 5.68. The Balaban J connectivity index is 1.64. The molecule has 1 saturated heterocycles. The molecule has 1 fully saturated rings. The maximum Gasteiger partial charge on any atom is 0.265 e. The molecule has 24 heavy (non-hydrogen) atoms. The van der Waals surface area contributed by atoms with Crippen LogP contribution >= 0.6 is 11.3 Å². The minimum absolute atomic E-state index is 0.0111. The molecule has 0 unspecified atom stereocenters. The van der Waals surface area contributed by atoms with Crippen LogP contribution in [-0.2, 0) is 0 Å². The van der Waals surface area contributed by atoms with E-state index < -0.39 is 0 Å². The van der Waals surface area contributed by atoms with E-state index in [4.69, 9.17) is 0 Å². The van der Waals surface area contributed by atoms with Crippen LogP contribution in [0.15, 0.2) is 30.5 Å². The van der Waals surface area contributed by atoms with Crippen LogP contribution in [0.5, 0.6) is 0 Å². The van der Waals surface area contributed by atoms with Crippen molar-refractivity contribution >= 4 is 17.2 Å². The molecule has 0 saturated carbocycles. The van der Waals surface area contributed by atoms with Gasteiger partial charge < -0.3 is 10.2 Å². The lowest BCUT2D eigenvalue weighted by Crippen LogP contribution is -2.40. The van der Waals surface area contributed by atoms with Crippen LogP contribution in [0.25, 0.3) is 10.6 Å². The van der Waals surface area contributed by atoms with E-state index in [-0.39, 0.29) is 11.7 Å². The lowest BCUT2D eigenvalue weighted by atomic mass is 9.96. The Morgan fingerprint density at radius 3 is 2.83 bits per heavy atom. The van der Waals surface area contributed by atoms with Crippen LogP contribution in [0.3, 0.4) is 0 Å². The molecule has 128 valence electrons. The fourth-order valence-electron chi connectivity index (χ4n) is 2.98. The van der Waals surface area contributed by atoms with Gasteiger partial charge in [-0.15, -0.1) is 11.3 Å². The van der Waals surface area contributed by atoms with Gasteiger partial charge in [-0.05, 0) is 44.0 Å². The number of halogens is 1. The predicted molar refractivity (Wildman–Crippen MR) is 94.7 cm³/mol. The van der Waals surface area contributed by atoms with E-state index in [1.807, 2.05) is 4.90 Å². The molecule has 0 aliphatic carbocycles. The van der Waals surface area contributed by atoms with Crippen molar-refractivity contribution in [3.8, 4) is 10.6 Å². The lowest BCUT2D eigenvalue weighted by molar-refractivity contribution is 0.0695. The Morgan fingerprint density at radius 2 is 2.12 bits per heavy atom. The van der Waals surface area contributed by atoms with Gasteiger partial charge in [-0.1, -0.05) is 19.1 Å². The maximum absolute atomic E-state index is 13.9. The molecule has 0 radical (unpaired) electrons. The number of likely N-dealkylation sites (tertiary alicyclic amines) is 1. The highest BCUT2D eigenvalue weighted by Crippen LogP contribution is 2.28. The number of hydrogen-bond acceptors (Lipinski definition) is 4. The number of nitrogens with one attached hydrogen (secondary N) is 1. The van der Waals surface area contributed by atoms with Crippen molar-refractivity contribution in [3.63, 3.8) is 0 Å². The molecule has 1 aromatic heterocycles. The van der Waals surface area contributed by atoms with Gasteiger partial charge in [-0.2, -0.15) is 0 Å². The fourth-order valence-corrected chi connectivity index (χ4v) is 3.89. The molecule has 4 nitrogen and oxygen atoms in total. The first kappa shape index (κ1) is 17.0. The summed E-state index contributed by atoms with van der Waals surface area (Å²) in [6.07, 6.45) is 3.62. The summed E-state index contributed by atoms with van der Waals surface area (Å²) in [7, 11) is 0. The first-order valence-electron chi connectivity index (χ1n) is 8.39. The van der Waals surface area contributed by atoms with Crippen LogP contribution in [0.2, 0.25) is 0 Å². The van der Waals surface area contributed by atoms with Crippen LogP contribution in [0.4, 0.5) is 4.39 Å². The van der Waals surface area contributed by atoms with Crippen molar-refractivity contribution in [2.45, 2.75) is 19.8 Å². The number of thiazole rings is 1. The molecule has 1 aliphatic heterocycles. The fraction of sp³-hybridized carbons (Fsp3) is 0.444. The van der Waals surface area contributed by atoms with E-state index in [1.54, 1.807) is 24.4 Å². The first-order chi connectivity index (χ1) is 11.7. The largest absolute Gasteiger partial charge is 0.338 e. The third-order valence-electron chi connectivity index (χ3n) is 4.41. The monoisotopic (exact) mass is 347 g/mol. The standard InChI is InChI=1S/C18H22FN3OS/c1-2-20-11-13-7-9-22(10-8-13)18(23)16-12-21-17(24-16)14-5-3-4-6-15(14)19/h3-6,12-13,20H,2,7-11H2,1H3. The van der Waals surface area contributed by atoms with Gasteiger partial charge in [0.25, 0.3) is 5.91 Å². The second-order valence-electron chi connectivity index (χ2n) is 6.05. The van der Waals surface area contributed by atoms with Gasteiger partial charge in [-0.3, -0.25) is 4.79 Å². The van der Waals surface area contributed by atoms with Gasteiger partial charge in [0.05, 0.1) is 6.20 Å². The molecule has 1 aliphatic rings. The summed E-state index contributed by atoms with van der Waals surface area (Å²) in [5.41, 5.74) is 0.450. The number of carbonyl (C=O) groups excluding carboxylic acids is 1. The van der Waals surface area contributed by atoms with Crippen molar-refractivity contribution in [3.05, 3.63) is 41.2 Å². The number of amides is 1. The zero-order valence-corrected chi connectivity index (χ0v) is 14.6. The van der Waals surface area contributed by atoms with Gasteiger partial charge in [0.15, 0.2) is 0 Å². The van der Waals surface area contributed by atoms with E-state index in [9.17, 15) is 9.18 Å². The number of hydrogen-bond donors (Lipinski definition) is 1. The number of rotatable bonds is 5. The quantitative estimate of drug-likeness (QED) is 0.901. The van der Waals surface area contributed by atoms with Gasteiger partial charge in [0.2, 0.25) is 0 Å². The Morgan fingerprint density at radius 1 is 1.38 bits per heavy atom. The van der Waals surface area contributed by atoms with Crippen molar-refractivity contribution in [1.82, 2.24) is 15.2 Å². The zero-order valence-electron chi connectivity index (χ0n) is 13.8. The summed E-state index contributed by atoms with van der Waals surface area (Å²) < 4.78 is 13.9. The number of aromatic nitrogens is 1. The van der Waals surface area contributed by atoms with E-state index in [0.29, 0.717) is 21.4 Å². The number of nitrogens with zero attached hydrogens (tertiary/aromatic N) is 2. The summed E-state index contributed by atoms with van der Waals surface area (Å²) in [5, 5.41) is 3.93. The van der Waals surface area contributed by atoms with E-state index in [1.165, 1.54) is 17.4 Å². The first-order valence-corrected chi connectivity index (χ1v) is 9.21. The SMILES string of the molecule is CCNCC1CCN(C(=O)c2cnc(-c3ccccc3F)s2)CC1. The van der Waals surface area contributed by atoms with Crippen molar-refractivity contribution in [1.29, 1.82) is 0 Å². The topological polar surface area (TPSA) is 45.2 Å². The second-order valence-corrected chi connectivity index (χ2v) is 7.08. The minimum Gasteiger partial charge on any atom is -0.338 e. The highest BCUT2D eigenvalue weighted by molar-refractivity contribution is 7.16. The summed E-state index contributed by atoms with van der Waals surface area (Å²) in [5.74, 6) is 0.344. The van der Waals surface area contributed by atoms with Crippen LogP contribution in [-0.4, -0.2) is 42.0 Å². The Hall–Kier alpha value is -1.79. The van der Waals surface area contributed by atoms with Gasteiger partial charge in [-0.25, -0.2) is 9.37 Å². The Bertz CT molecular complexity index is 695. The third kappa shape index (κ3) is 3.82. The molecule has 1 aromatic carbocycles. The molecule has 0 bridgehead atoms. The number of piperidine rings is 1. The third-order valence-corrected chi connectivity index (χ3v) is 5.42. The van der Waals surface area contributed by atoms with E-state index >= 15 is 0 Å². The second kappa shape index (κ2) is 7.85. The molecule has 1 N–H and O–H groups in total. The van der Waals surface area contributed by atoms with Gasteiger partial charge >= 0.3 is 0 Å². The smallest absolute Gasteiger partial charge is 0.265 e. The molecule has 2 heterocycles. The molecule has 6 heteroatoms. The molecule has 2 aromatic rings. The number of benzene rings is 1. The average Bonchev–Trinajstić information content (AvgIpc) is 3.10. The highest BCUT2D eigenvalue weighted by atomic mass is 32.1. The normalized spacial score (nSPS) is 15.7. The van der Waals surface area contributed by atoms with Crippen molar-refractivity contribution in [2.75, 3.05) is 26.2 Å². The van der Waals surface area contributed by atoms with Gasteiger partial charge in [0, 0.05) is 18.7 Å². The molecule has 0 atom stereocenters. The molecule has 3 rings (SSSR count). The van der Waals surface area contributed by atoms with Crippen molar-refractivity contribution in [2.24, 2.45) is 5.92 Å². The van der Waals surface area contributed by atoms with E-state index in [0.717, 1.165) is 39.0 Å². The predicted octanol–water partition coefficient (Wildman–Crippen LogP) is 3.41.